The van der Waals surface area contributed by atoms with Crippen molar-refractivity contribution in [3.63, 3.8) is 0 Å². The number of hydrogen-bond acceptors (Lipinski definition) is 5. The second-order valence-electron chi connectivity index (χ2n) is 4.74. The molecule has 0 aliphatic carbocycles. The molecule has 0 aromatic carbocycles. The Labute approximate surface area is 129 Å². The molecule has 0 aliphatic heterocycles. The van der Waals surface area contributed by atoms with E-state index >= 15 is 0 Å². The third kappa shape index (κ3) is 8.20. The van der Waals surface area contributed by atoms with Crippen molar-refractivity contribution >= 4 is 20.5 Å². The highest BCUT2D eigenvalue weighted by Crippen LogP contribution is 2.35. The Bertz CT molecular complexity index is 412. The largest absolute Gasteiger partial charge is 0.485 e. The summed E-state index contributed by atoms with van der Waals surface area (Å²) >= 11 is 0. The van der Waals surface area contributed by atoms with Crippen LogP contribution in [0.1, 0.15) is 20.3 Å². The molecule has 0 aromatic rings. The highest BCUT2D eigenvalue weighted by atomic mass is 28.4. The minimum Gasteiger partial charge on any atom is -0.485 e. The molecular formula is C11H16F6O5Si. The fraction of sp³-hybridized carbons (Fsp3) is 0.818. The summed E-state index contributed by atoms with van der Waals surface area (Å²) in [5.41, 5.74) is 0. The molecule has 0 N–H and O–H groups in total. The summed E-state index contributed by atoms with van der Waals surface area (Å²) in [5.74, 6) is -1.54. The van der Waals surface area contributed by atoms with Crippen LogP contribution >= 0.6 is 0 Å². The Balaban J connectivity index is 4.55. The summed E-state index contributed by atoms with van der Waals surface area (Å²) in [5, 5.41) is 0. The number of hydrogen-bond donors (Lipinski definition) is 0. The van der Waals surface area contributed by atoms with Gasteiger partial charge in [-0.25, -0.2) is 4.39 Å². The molecule has 1 unspecified atom stereocenters. The van der Waals surface area contributed by atoms with Crippen molar-refractivity contribution in [2.45, 2.75) is 51.3 Å². The molecule has 0 heterocycles. The standard InChI is InChI=1S/C11H16F6O5Si/c1-7(18)21-23(3,22-8(2)19)6-4-5-20-11(16,17)9(12)10(13,14)15/h9H,4-6H2,1-3H3. The van der Waals surface area contributed by atoms with Gasteiger partial charge < -0.3 is 13.6 Å². The first-order valence-electron chi connectivity index (χ1n) is 6.31. The minimum atomic E-state index is -5.76. The van der Waals surface area contributed by atoms with E-state index in [0.29, 0.717) is 0 Å². The van der Waals surface area contributed by atoms with Gasteiger partial charge in [-0.15, -0.1) is 0 Å². The summed E-state index contributed by atoms with van der Waals surface area (Å²) in [6, 6.07) is -0.203. The van der Waals surface area contributed by atoms with Gasteiger partial charge in [-0.3, -0.25) is 9.59 Å². The predicted molar refractivity (Wildman–Crippen MR) is 66.4 cm³/mol. The maximum Gasteiger partial charge on any atom is 0.461 e. The maximum atomic E-state index is 12.9. The summed E-state index contributed by atoms with van der Waals surface area (Å²) in [4.78, 5) is 21.9. The van der Waals surface area contributed by atoms with Gasteiger partial charge in [-0.2, -0.15) is 22.0 Å². The van der Waals surface area contributed by atoms with Crippen LogP contribution in [-0.4, -0.2) is 45.6 Å². The van der Waals surface area contributed by atoms with Crippen molar-refractivity contribution in [2.75, 3.05) is 6.61 Å². The molecule has 0 saturated heterocycles. The Morgan fingerprint density at radius 2 is 1.48 bits per heavy atom. The van der Waals surface area contributed by atoms with Crippen LogP contribution < -0.4 is 0 Å². The number of rotatable bonds is 8. The third-order valence-corrected chi connectivity index (χ3v) is 5.07. The Morgan fingerprint density at radius 1 is 1.04 bits per heavy atom. The molecule has 0 radical (unpaired) electrons. The van der Waals surface area contributed by atoms with Gasteiger partial charge in [-0.05, 0) is 6.42 Å². The molecule has 5 nitrogen and oxygen atoms in total. The fourth-order valence-electron chi connectivity index (χ4n) is 1.60. The van der Waals surface area contributed by atoms with Crippen molar-refractivity contribution < 1.29 is 49.5 Å². The zero-order chi connectivity index (χ0) is 18.5. The smallest absolute Gasteiger partial charge is 0.461 e. The van der Waals surface area contributed by atoms with E-state index in [1.165, 1.54) is 6.55 Å². The van der Waals surface area contributed by atoms with Gasteiger partial charge in [0.05, 0.1) is 6.61 Å². The monoisotopic (exact) mass is 370 g/mol. The highest BCUT2D eigenvalue weighted by molar-refractivity contribution is 6.69. The first-order valence-corrected chi connectivity index (χ1v) is 8.84. The van der Waals surface area contributed by atoms with Crippen LogP contribution in [0.15, 0.2) is 0 Å². The van der Waals surface area contributed by atoms with Gasteiger partial charge >= 0.3 is 20.8 Å². The SMILES string of the molecule is CC(=O)O[Si](C)(CCCOC(F)(F)C(F)C(F)(F)F)OC(C)=O. The average molecular weight is 370 g/mol. The minimum absolute atomic E-state index is 0.203. The molecule has 0 fully saturated rings. The van der Waals surface area contributed by atoms with E-state index in [9.17, 15) is 35.9 Å². The van der Waals surface area contributed by atoms with Gasteiger partial charge in [0, 0.05) is 26.4 Å². The number of carbonyl (C=O) groups excluding carboxylic acids is 2. The normalized spacial score (nSPS) is 14.3. The Hall–Kier alpha value is -1.30. The topological polar surface area (TPSA) is 61.8 Å². The molecule has 0 aliphatic rings. The van der Waals surface area contributed by atoms with E-state index in [-0.39, 0.29) is 12.5 Å². The number of carbonyl (C=O) groups is 2. The predicted octanol–water partition coefficient (Wildman–Crippen LogP) is 3.08. The lowest BCUT2D eigenvalue weighted by atomic mass is 10.3. The molecule has 0 rings (SSSR count). The van der Waals surface area contributed by atoms with Crippen molar-refractivity contribution in [1.29, 1.82) is 0 Å². The Morgan fingerprint density at radius 3 is 1.83 bits per heavy atom. The molecule has 0 spiro atoms. The highest BCUT2D eigenvalue weighted by Gasteiger charge is 2.58. The molecule has 12 heteroatoms. The molecule has 0 aromatic heterocycles. The Kier molecular flexibility index (Phi) is 7.54. The average Bonchev–Trinajstić information content (AvgIpc) is 2.30. The zero-order valence-electron chi connectivity index (χ0n) is 12.5. The van der Waals surface area contributed by atoms with Crippen molar-refractivity contribution in [2.24, 2.45) is 0 Å². The van der Waals surface area contributed by atoms with Crippen LogP contribution in [0.5, 0.6) is 0 Å². The lowest BCUT2D eigenvalue weighted by Crippen LogP contribution is -2.44. The lowest BCUT2D eigenvalue weighted by molar-refractivity contribution is -0.335. The van der Waals surface area contributed by atoms with E-state index in [1.807, 2.05) is 0 Å². The number of ether oxygens (including phenoxy) is 1. The first-order chi connectivity index (χ1) is 10.2. The van der Waals surface area contributed by atoms with Crippen molar-refractivity contribution in [3.05, 3.63) is 0 Å². The molecule has 23 heavy (non-hydrogen) atoms. The van der Waals surface area contributed by atoms with E-state index < -0.39 is 45.6 Å². The van der Waals surface area contributed by atoms with E-state index in [1.54, 1.807) is 0 Å². The van der Waals surface area contributed by atoms with Crippen LogP contribution in [-0.2, 0) is 23.2 Å². The second kappa shape index (κ2) is 7.99. The molecule has 0 amide bonds. The van der Waals surface area contributed by atoms with E-state index in [2.05, 4.69) is 4.74 Å². The van der Waals surface area contributed by atoms with Crippen LogP contribution in [0.2, 0.25) is 12.6 Å². The maximum absolute atomic E-state index is 12.9. The van der Waals surface area contributed by atoms with Gasteiger partial charge in [-0.1, -0.05) is 0 Å². The first kappa shape index (κ1) is 21.7. The second-order valence-corrected chi connectivity index (χ2v) is 7.91. The molecular weight excluding hydrogens is 354 g/mol. The lowest BCUT2D eigenvalue weighted by Gasteiger charge is -2.26. The van der Waals surface area contributed by atoms with Gasteiger partial charge in [0.15, 0.2) is 0 Å². The van der Waals surface area contributed by atoms with Gasteiger partial charge in [0.1, 0.15) is 0 Å². The number of halogens is 6. The van der Waals surface area contributed by atoms with Crippen molar-refractivity contribution in [3.8, 4) is 0 Å². The summed E-state index contributed by atoms with van der Waals surface area (Å²) in [7, 11) is -3.38. The van der Waals surface area contributed by atoms with Gasteiger partial charge in [0.25, 0.3) is 18.1 Å². The van der Waals surface area contributed by atoms with Crippen molar-refractivity contribution in [1.82, 2.24) is 0 Å². The van der Waals surface area contributed by atoms with Crippen LogP contribution in [0.25, 0.3) is 0 Å². The molecule has 136 valence electrons. The zero-order valence-corrected chi connectivity index (χ0v) is 13.5. The molecule has 0 bridgehead atoms. The molecule has 0 saturated carbocycles. The van der Waals surface area contributed by atoms with Gasteiger partial charge in [0.2, 0.25) is 0 Å². The van der Waals surface area contributed by atoms with E-state index in [0.717, 1.165) is 13.8 Å². The third-order valence-electron chi connectivity index (χ3n) is 2.37. The van der Waals surface area contributed by atoms with Crippen LogP contribution in [0.3, 0.4) is 0 Å². The fourth-order valence-corrected chi connectivity index (χ4v) is 3.84. The van der Waals surface area contributed by atoms with Crippen LogP contribution in [0.4, 0.5) is 26.3 Å². The number of alkyl halides is 6. The summed E-state index contributed by atoms with van der Waals surface area (Å²) in [6.45, 7) is 2.42. The quantitative estimate of drug-likeness (QED) is 0.373. The van der Waals surface area contributed by atoms with E-state index in [4.69, 9.17) is 8.85 Å². The van der Waals surface area contributed by atoms with Crippen LogP contribution in [0, 0.1) is 0 Å². The summed E-state index contributed by atoms with van der Waals surface area (Å²) < 4.78 is 87.3. The summed E-state index contributed by atoms with van der Waals surface area (Å²) in [6.07, 6.45) is -15.6. The molecule has 1 atom stereocenters.